The Kier molecular flexibility index (Phi) is 4.81. The molecule has 4 rings (SSSR count). The molecule has 0 fully saturated rings. The maximum absolute atomic E-state index is 13.2. The molecule has 0 N–H and O–H groups in total. The van der Waals surface area contributed by atoms with Crippen LogP contribution in [0.2, 0.25) is 5.02 Å². The number of hydrogen-bond donors (Lipinski definition) is 0. The van der Waals surface area contributed by atoms with E-state index in [9.17, 15) is 13.2 Å². The molecule has 0 spiro atoms. The summed E-state index contributed by atoms with van der Waals surface area (Å²) in [6.07, 6.45) is 1.42. The molecule has 6 heteroatoms. The number of rotatable bonds is 3. The smallest absolute Gasteiger partial charge is 0.214 e. The number of aryl methyl sites for hydroxylation is 2. The second-order valence-electron chi connectivity index (χ2n) is 6.94. The highest BCUT2D eigenvalue weighted by Crippen LogP contribution is 2.40. The van der Waals surface area contributed by atoms with Crippen LogP contribution < -0.4 is 4.90 Å². The van der Waals surface area contributed by atoms with Crippen LogP contribution in [0.4, 0.5) is 11.4 Å². The van der Waals surface area contributed by atoms with Crippen LogP contribution in [0.15, 0.2) is 82.7 Å². The number of carbonyl (C=O) groups is 1. The molecular formula is C23H18ClNO3S. The number of benzene rings is 3. The molecule has 0 saturated carbocycles. The van der Waals surface area contributed by atoms with Crippen molar-refractivity contribution in [2.75, 3.05) is 4.90 Å². The first-order valence-corrected chi connectivity index (χ1v) is 10.9. The van der Waals surface area contributed by atoms with Crippen molar-refractivity contribution >= 4 is 38.6 Å². The Hall–Kier alpha value is -2.89. The Morgan fingerprint density at radius 3 is 2.28 bits per heavy atom. The number of allylic oxidation sites excluding steroid dienone is 1. The zero-order valence-electron chi connectivity index (χ0n) is 15.9. The molecule has 0 amide bonds. The van der Waals surface area contributed by atoms with Crippen LogP contribution >= 0.6 is 11.6 Å². The summed E-state index contributed by atoms with van der Waals surface area (Å²) < 4.78 is 26.5. The zero-order chi connectivity index (χ0) is 20.8. The maximum Gasteiger partial charge on any atom is 0.214 e. The van der Waals surface area contributed by atoms with Crippen molar-refractivity contribution in [2.24, 2.45) is 0 Å². The third kappa shape index (κ3) is 3.37. The quantitative estimate of drug-likeness (QED) is 0.514. The highest BCUT2D eigenvalue weighted by molar-refractivity contribution is 7.96. The van der Waals surface area contributed by atoms with Crippen molar-refractivity contribution in [3.8, 4) is 0 Å². The lowest BCUT2D eigenvalue weighted by Gasteiger charge is -2.29. The highest BCUT2D eigenvalue weighted by atomic mass is 35.5. The molecule has 0 aliphatic carbocycles. The van der Waals surface area contributed by atoms with Crippen LogP contribution in [0.1, 0.15) is 21.5 Å². The number of para-hydroxylation sites is 1. The largest absolute Gasteiger partial charge is 0.314 e. The summed E-state index contributed by atoms with van der Waals surface area (Å²) in [6.45, 7) is 4.01. The van der Waals surface area contributed by atoms with Gasteiger partial charge in [-0.05, 0) is 73.5 Å². The SMILES string of the molecule is Cc1ccc(N2C=C(C(=O)c3ccc(Cl)cc3)S(=O)(=O)c3ccccc32)cc1C. The van der Waals surface area contributed by atoms with Crippen LogP contribution in [-0.4, -0.2) is 14.2 Å². The molecule has 0 atom stereocenters. The second-order valence-corrected chi connectivity index (χ2v) is 9.26. The van der Waals surface area contributed by atoms with Crippen molar-refractivity contribution in [1.29, 1.82) is 0 Å². The lowest BCUT2D eigenvalue weighted by molar-refractivity contribution is 0.104. The van der Waals surface area contributed by atoms with Gasteiger partial charge in [-0.1, -0.05) is 29.8 Å². The Labute approximate surface area is 175 Å². The number of anilines is 2. The average molecular weight is 424 g/mol. The molecule has 1 aliphatic rings. The Bertz CT molecular complexity index is 1260. The Balaban J connectivity index is 1.92. The third-order valence-electron chi connectivity index (χ3n) is 5.05. The van der Waals surface area contributed by atoms with Gasteiger partial charge in [-0.15, -0.1) is 0 Å². The van der Waals surface area contributed by atoms with E-state index in [1.54, 1.807) is 35.2 Å². The third-order valence-corrected chi connectivity index (χ3v) is 7.10. The molecule has 1 aliphatic heterocycles. The van der Waals surface area contributed by atoms with Gasteiger partial charge >= 0.3 is 0 Å². The zero-order valence-corrected chi connectivity index (χ0v) is 17.5. The van der Waals surface area contributed by atoms with E-state index in [0.717, 1.165) is 16.8 Å². The molecule has 1 heterocycles. The fourth-order valence-corrected chi connectivity index (χ4v) is 4.94. The fraction of sp³-hybridized carbons (Fsp3) is 0.0870. The summed E-state index contributed by atoms with van der Waals surface area (Å²) in [4.78, 5) is 14.7. The van der Waals surface area contributed by atoms with Gasteiger partial charge in [-0.25, -0.2) is 8.42 Å². The Morgan fingerprint density at radius 2 is 1.59 bits per heavy atom. The summed E-state index contributed by atoms with van der Waals surface area (Å²) >= 11 is 5.90. The number of Topliss-reactive ketones (excluding diaryl/α,β-unsaturated/α-hetero) is 1. The van der Waals surface area contributed by atoms with E-state index < -0.39 is 15.6 Å². The van der Waals surface area contributed by atoms with E-state index in [1.165, 1.54) is 24.4 Å². The molecule has 0 bridgehead atoms. The summed E-state index contributed by atoms with van der Waals surface area (Å²) in [5, 5.41) is 0.476. The van der Waals surface area contributed by atoms with Crippen LogP contribution in [0.3, 0.4) is 0 Å². The van der Waals surface area contributed by atoms with Gasteiger partial charge in [-0.3, -0.25) is 4.79 Å². The lowest BCUT2D eigenvalue weighted by atomic mass is 10.1. The van der Waals surface area contributed by atoms with Gasteiger partial charge in [0.1, 0.15) is 4.91 Å². The number of hydrogen-bond acceptors (Lipinski definition) is 4. The summed E-state index contributed by atoms with van der Waals surface area (Å²) in [7, 11) is -3.96. The van der Waals surface area contributed by atoms with Crippen molar-refractivity contribution in [3.05, 3.63) is 99.5 Å². The standard InChI is InChI=1S/C23H18ClNO3S/c1-15-7-12-19(13-16(15)2)25-14-22(23(26)17-8-10-18(24)11-9-17)29(27,28)21-6-4-3-5-20(21)25/h3-14H,1-2H3. The van der Waals surface area contributed by atoms with Gasteiger partial charge in [0, 0.05) is 22.5 Å². The van der Waals surface area contributed by atoms with Gasteiger partial charge in [0.15, 0.2) is 0 Å². The molecule has 4 nitrogen and oxygen atoms in total. The van der Waals surface area contributed by atoms with Crippen LogP contribution in [0.5, 0.6) is 0 Å². The maximum atomic E-state index is 13.2. The van der Waals surface area contributed by atoms with Gasteiger partial charge in [-0.2, -0.15) is 0 Å². The molecular weight excluding hydrogens is 406 g/mol. The number of ketones is 1. The van der Waals surface area contributed by atoms with Gasteiger partial charge in [0.2, 0.25) is 15.6 Å². The second kappa shape index (κ2) is 7.17. The van der Waals surface area contributed by atoms with Gasteiger partial charge < -0.3 is 4.90 Å². The topological polar surface area (TPSA) is 54.5 Å². The van der Waals surface area contributed by atoms with E-state index in [2.05, 4.69) is 0 Å². The number of halogens is 1. The van der Waals surface area contributed by atoms with Crippen LogP contribution in [0.25, 0.3) is 0 Å². The van der Waals surface area contributed by atoms with E-state index in [4.69, 9.17) is 11.6 Å². The molecule has 29 heavy (non-hydrogen) atoms. The summed E-state index contributed by atoms with van der Waals surface area (Å²) in [6, 6.07) is 18.8. The minimum atomic E-state index is -3.96. The molecule has 0 radical (unpaired) electrons. The molecule has 146 valence electrons. The first kappa shape index (κ1) is 19.4. The van der Waals surface area contributed by atoms with Gasteiger partial charge in [0.05, 0.1) is 10.6 Å². The van der Waals surface area contributed by atoms with Crippen molar-refractivity contribution in [1.82, 2.24) is 0 Å². The minimum Gasteiger partial charge on any atom is -0.314 e. The monoisotopic (exact) mass is 423 g/mol. The first-order chi connectivity index (χ1) is 13.8. The Morgan fingerprint density at radius 1 is 0.897 bits per heavy atom. The van der Waals surface area contributed by atoms with E-state index >= 15 is 0 Å². The fourth-order valence-electron chi connectivity index (χ4n) is 3.27. The predicted octanol–water partition coefficient (Wildman–Crippen LogP) is 5.61. The number of sulfone groups is 1. The molecule has 0 aromatic heterocycles. The van der Waals surface area contributed by atoms with Crippen LogP contribution in [-0.2, 0) is 9.84 Å². The normalized spacial score (nSPS) is 14.9. The van der Waals surface area contributed by atoms with E-state index in [1.807, 2.05) is 32.0 Å². The van der Waals surface area contributed by atoms with Crippen molar-refractivity contribution in [3.63, 3.8) is 0 Å². The number of fused-ring (bicyclic) bond motifs is 1. The highest BCUT2D eigenvalue weighted by Gasteiger charge is 2.36. The average Bonchev–Trinajstić information content (AvgIpc) is 2.70. The van der Waals surface area contributed by atoms with Gasteiger partial charge in [0.25, 0.3) is 0 Å². The summed E-state index contributed by atoms with van der Waals surface area (Å²) in [5.41, 5.74) is 3.78. The number of carbonyl (C=O) groups excluding carboxylic acids is 1. The summed E-state index contributed by atoms with van der Waals surface area (Å²) in [5.74, 6) is -0.565. The van der Waals surface area contributed by atoms with Crippen molar-refractivity contribution in [2.45, 2.75) is 18.7 Å². The first-order valence-electron chi connectivity index (χ1n) is 9.02. The molecule has 3 aromatic carbocycles. The molecule has 3 aromatic rings. The lowest BCUT2D eigenvalue weighted by Crippen LogP contribution is -2.25. The van der Waals surface area contributed by atoms with Crippen LogP contribution in [0, 0.1) is 13.8 Å². The number of nitrogens with zero attached hydrogens (tertiary/aromatic N) is 1. The molecule has 0 unspecified atom stereocenters. The van der Waals surface area contributed by atoms with E-state index in [0.29, 0.717) is 10.7 Å². The minimum absolute atomic E-state index is 0.109. The molecule has 0 saturated heterocycles. The van der Waals surface area contributed by atoms with E-state index in [-0.39, 0.29) is 15.4 Å². The van der Waals surface area contributed by atoms with Crippen molar-refractivity contribution < 1.29 is 13.2 Å². The predicted molar refractivity (Wildman–Crippen MR) is 116 cm³/mol.